The highest BCUT2D eigenvalue weighted by atomic mass is 16.1. The van der Waals surface area contributed by atoms with Gasteiger partial charge in [0.15, 0.2) is 0 Å². The summed E-state index contributed by atoms with van der Waals surface area (Å²) in [5.74, 6) is 0. The number of hydrogen-bond acceptors (Lipinski definition) is 2. The molecule has 1 aromatic carbocycles. The zero-order chi connectivity index (χ0) is 14.8. The van der Waals surface area contributed by atoms with E-state index in [9.17, 15) is 4.79 Å². The Bertz CT molecular complexity index is 802. The van der Waals surface area contributed by atoms with Crippen molar-refractivity contribution in [3.63, 3.8) is 0 Å². The van der Waals surface area contributed by atoms with Crippen LogP contribution in [0.2, 0.25) is 0 Å². The Balaban J connectivity index is 1.93. The molecule has 106 valence electrons. The van der Waals surface area contributed by atoms with Gasteiger partial charge in [0.25, 0.3) is 0 Å². The maximum absolute atomic E-state index is 11.4. The summed E-state index contributed by atoms with van der Waals surface area (Å²) < 4.78 is 3.52. The number of nitrogens with zero attached hydrogens (tertiary/aromatic N) is 3. The van der Waals surface area contributed by atoms with Crippen molar-refractivity contribution >= 4 is 0 Å². The highest BCUT2D eigenvalue weighted by Gasteiger charge is 2.10. The first-order valence-corrected chi connectivity index (χ1v) is 6.91. The Morgan fingerprint density at radius 3 is 2.48 bits per heavy atom. The summed E-state index contributed by atoms with van der Waals surface area (Å²) in [6.45, 7) is 2.12. The van der Waals surface area contributed by atoms with Crippen LogP contribution in [-0.4, -0.2) is 14.3 Å². The van der Waals surface area contributed by atoms with E-state index in [1.54, 1.807) is 17.7 Å². The lowest BCUT2D eigenvalue weighted by atomic mass is 10.1. The third-order valence-corrected chi connectivity index (χ3v) is 3.70. The highest BCUT2D eigenvalue weighted by Crippen LogP contribution is 2.21. The average molecular weight is 279 g/mol. The largest absolute Gasteiger partial charge is 0.318 e. The monoisotopic (exact) mass is 279 g/mol. The fraction of sp³-hybridized carbons (Fsp3) is 0.176. The minimum atomic E-state index is -0.0104. The Labute approximate surface area is 123 Å². The van der Waals surface area contributed by atoms with E-state index < -0.39 is 0 Å². The second-order valence-electron chi connectivity index (χ2n) is 5.16. The standard InChI is InChI=1S/C17H17N3O/c1-13(14-6-4-3-5-7-14)20-12-16(10-18-20)15-8-9-17(21)19(2)11-15/h3-13H,1-2H3/t13-/m1/s1. The van der Waals surface area contributed by atoms with Gasteiger partial charge < -0.3 is 4.57 Å². The van der Waals surface area contributed by atoms with Gasteiger partial charge in [-0.1, -0.05) is 30.3 Å². The second-order valence-corrected chi connectivity index (χ2v) is 5.16. The van der Waals surface area contributed by atoms with Gasteiger partial charge in [-0.3, -0.25) is 9.48 Å². The number of hydrogen-bond donors (Lipinski definition) is 0. The summed E-state index contributed by atoms with van der Waals surface area (Å²) >= 11 is 0. The van der Waals surface area contributed by atoms with Crippen LogP contribution in [0.4, 0.5) is 0 Å². The molecule has 21 heavy (non-hydrogen) atoms. The van der Waals surface area contributed by atoms with Crippen molar-refractivity contribution < 1.29 is 0 Å². The van der Waals surface area contributed by atoms with Crippen molar-refractivity contribution in [1.82, 2.24) is 14.3 Å². The number of aryl methyl sites for hydroxylation is 1. The van der Waals surface area contributed by atoms with Crippen LogP contribution in [0.3, 0.4) is 0 Å². The van der Waals surface area contributed by atoms with Gasteiger partial charge in [0.2, 0.25) is 5.56 Å². The lowest BCUT2D eigenvalue weighted by Crippen LogP contribution is -2.13. The molecule has 0 unspecified atom stereocenters. The van der Waals surface area contributed by atoms with Gasteiger partial charge in [-0.2, -0.15) is 5.10 Å². The summed E-state index contributed by atoms with van der Waals surface area (Å²) in [5, 5.41) is 4.45. The molecular formula is C17H17N3O. The number of benzene rings is 1. The summed E-state index contributed by atoms with van der Waals surface area (Å²) in [6.07, 6.45) is 5.67. The van der Waals surface area contributed by atoms with Gasteiger partial charge in [0, 0.05) is 36.6 Å². The predicted molar refractivity (Wildman–Crippen MR) is 83.2 cm³/mol. The van der Waals surface area contributed by atoms with E-state index in [1.807, 2.05) is 47.5 Å². The van der Waals surface area contributed by atoms with Crippen molar-refractivity contribution in [3.05, 3.63) is 77.0 Å². The van der Waals surface area contributed by atoms with E-state index in [0.717, 1.165) is 11.1 Å². The molecular weight excluding hydrogens is 262 g/mol. The fourth-order valence-electron chi connectivity index (χ4n) is 2.35. The maximum Gasteiger partial charge on any atom is 0.250 e. The van der Waals surface area contributed by atoms with Crippen LogP contribution >= 0.6 is 0 Å². The first-order valence-electron chi connectivity index (χ1n) is 6.91. The molecule has 2 heterocycles. The van der Waals surface area contributed by atoms with E-state index in [0.29, 0.717) is 0 Å². The Hall–Kier alpha value is -2.62. The molecule has 4 nitrogen and oxygen atoms in total. The predicted octanol–water partition coefficient (Wildman–Crippen LogP) is 2.86. The molecule has 3 aromatic rings. The van der Waals surface area contributed by atoms with E-state index in [1.165, 1.54) is 5.56 Å². The second kappa shape index (κ2) is 5.40. The normalized spacial score (nSPS) is 12.3. The molecule has 0 spiro atoms. The van der Waals surface area contributed by atoms with Gasteiger partial charge in [-0.25, -0.2) is 0 Å². The molecule has 0 saturated carbocycles. The van der Waals surface area contributed by atoms with Crippen LogP contribution in [0.15, 0.2) is 65.8 Å². The third kappa shape index (κ3) is 2.65. The van der Waals surface area contributed by atoms with Crippen LogP contribution < -0.4 is 5.56 Å². The molecule has 4 heteroatoms. The molecule has 2 aromatic heterocycles. The summed E-state index contributed by atoms with van der Waals surface area (Å²) in [6, 6.07) is 13.8. The van der Waals surface area contributed by atoms with Crippen LogP contribution in [0.1, 0.15) is 18.5 Å². The molecule has 0 aliphatic rings. The Kier molecular flexibility index (Phi) is 3.44. The quantitative estimate of drug-likeness (QED) is 0.739. The molecule has 0 bridgehead atoms. The topological polar surface area (TPSA) is 39.8 Å². The smallest absolute Gasteiger partial charge is 0.250 e. The van der Waals surface area contributed by atoms with E-state index in [-0.39, 0.29) is 11.6 Å². The number of pyridine rings is 1. The number of aromatic nitrogens is 3. The van der Waals surface area contributed by atoms with E-state index in [2.05, 4.69) is 24.2 Å². The van der Waals surface area contributed by atoms with E-state index in [4.69, 9.17) is 0 Å². The average Bonchev–Trinajstić information content (AvgIpc) is 3.00. The van der Waals surface area contributed by atoms with Crippen molar-refractivity contribution in [1.29, 1.82) is 0 Å². The molecule has 0 radical (unpaired) electrons. The Morgan fingerprint density at radius 1 is 1.00 bits per heavy atom. The lowest BCUT2D eigenvalue weighted by Gasteiger charge is -2.12. The van der Waals surface area contributed by atoms with Gasteiger partial charge in [-0.15, -0.1) is 0 Å². The number of rotatable bonds is 3. The van der Waals surface area contributed by atoms with Crippen molar-refractivity contribution in [3.8, 4) is 11.1 Å². The minimum absolute atomic E-state index is 0.0104. The van der Waals surface area contributed by atoms with Crippen molar-refractivity contribution in [2.45, 2.75) is 13.0 Å². The lowest BCUT2D eigenvalue weighted by molar-refractivity contribution is 0.565. The molecule has 0 aliphatic heterocycles. The first kappa shape index (κ1) is 13.4. The molecule has 0 amide bonds. The van der Waals surface area contributed by atoms with E-state index >= 15 is 0 Å². The van der Waals surface area contributed by atoms with Gasteiger partial charge >= 0.3 is 0 Å². The zero-order valence-corrected chi connectivity index (χ0v) is 12.1. The SMILES string of the molecule is C[C@H](c1ccccc1)n1cc(-c2ccc(=O)n(C)c2)cn1. The van der Waals surface area contributed by atoms with Gasteiger partial charge in [0.05, 0.1) is 12.2 Å². The minimum Gasteiger partial charge on any atom is -0.318 e. The summed E-state index contributed by atoms with van der Waals surface area (Å²) in [4.78, 5) is 11.4. The zero-order valence-electron chi connectivity index (χ0n) is 12.1. The van der Waals surface area contributed by atoms with Crippen LogP contribution in [0.25, 0.3) is 11.1 Å². The molecule has 0 aliphatic carbocycles. The molecule has 3 rings (SSSR count). The molecule has 0 N–H and O–H groups in total. The van der Waals surface area contributed by atoms with Gasteiger partial charge in [0.1, 0.15) is 0 Å². The summed E-state index contributed by atoms with van der Waals surface area (Å²) in [5.41, 5.74) is 3.20. The molecule has 1 atom stereocenters. The van der Waals surface area contributed by atoms with Gasteiger partial charge in [-0.05, 0) is 18.6 Å². The maximum atomic E-state index is 11.4. The summed E-state index contributed by atoms with van der Waals surface area (Å²) in [7, 11) is 1.75. The van der Waals surface area contributed by atoms with Crippen LogP contribution in [-0.2, 0) is 7.05 Å². The molecule has 0 saturated heterocycles. The highest BCUT2D eigenvalue weighted by molar-refractivity contribution is 5.60. The third-order valence-electron chi connectivity index (χ3n) is 3.70. The first-order chi connectivity index (χ1) is 10.1. The Morgan fingerprint density at radius 2 is 1.76 bits per heavy atom. The van der Waals surface area contributed by atoms with Crippen molar-refractivity contribution in [2.75, 3.05) is 0 Å². The van der Waals surface area contributed by atoms with Crippen molar-refractivity contribution in [2.24, 2.45) is 7.05 Å². The van der Waals surface area contributed by atoms with Crippen LogP contribution in [0.5, 0.6) is 0 Å². The molecule has 0 fully saturated rings. The fourth-order valence-corrected chi connectivity index (χ4v) is 2.35. The van der Waals surface area contributed by atoms with Crippen LogP contribution in [0, 0.1) is 0 Å².